The highest BCUT2D eigenvalue weighted by atomic mass is 16.9. The van der Waals surface area contributed by atoms with Crippen molar-refractivity contribution in [1.29, 1.82) is 0 Å². The molecule has 0 radical (unpaired) electrons. The van der Waals surface area contributed by atoms with E-state index in [-0.39, 0.29) is 4.90 Å². The fourth-order valence-corrected chi connectivity index (χ4v) is 4.78. The summed E-state index contributed by atoms with van der Waals surface area (Å²) in [5.41, 5.74) is -10.2. The summed E-state index contributed by atoms with van der Waals surface area (Å²) in [6.07, 6.45) is -5.47. The first kappa shape index (κ1) is 32.3. The Morgan fingerprint density at radius 3 is 1.70 bits per heavy atom. The van der Waals surface area contributed by atoms with Gasteiger partial charge in [-0.25, -0.2) is 4.90 Å². The van der Waals surface area contributed by atoms with E-state index in [1.807, 2.05) is 0 Å². The number of aliphatic hydroxyl groups is 17. The van der Waals surface area contributed by atoms with Gasteiger partial charge in [0.25, 0.3) is 17.3 Å². The Kier molecular flexibility index (Phi) is 7.17. The average Bonchev–Trinajstić information content (AvgIpc) is 2.74. The van der Waals surface area contributed by atoms with Crippen LogP contribution in [-0.4, -0.2) is 147 Å². The number of fused-ring (bicyclic) bond motifs is 3. The molecule has 1 aromatic rings. The Labute approximate surface area is 220 Å². The van der Waals surface area contributed by atoms with E-state index in [4.69, 9.17) is 20.1 Å². The van der Waals surface area contributed by atoms with Crippen LogP contribution >= 0.6 is 0 Å². The third kappa shape index (κ3) is 4.34. The molecule has 1 saturated heterocycles. The summed E-state index contributed by atoms with van der Waals surface area (Å²) in [4.78, 5) is 12.8. The Morgan fingerprint density at radius 2 is 1.27 bits per heavy atom. The lowest BCUT2D eigenvalue weighted by Crippen LogP contribution is -2.83. The van der Waals surface area contributed by atoms with Crippen LogP contribution in [0.4, 0.5) is 0 Å². The second kappa shape index (κ2) is 8.88. The predicted molar refractivity (Wildman–Crippen MR) is 111 cm³/mol. The van der Waals surface area contributed by atoms with Gasteiger partial charge in [-0.2, -0.15) is 0 Å². The van der Waals surface area contributed by atoms with Gasteiger partial charge in [-0.1, -0.05) is 0 Å². The van der Waals surface area contributed by atoms with E-state index >= 15 is 0 Å². The van der Waals surface area contributed by atoms with Crippen LogP contribution in [0.15, 0.2) is 12.1 Å². The molecule has 21 nitrogen and oxygen atoms in total. The van der Waals surface area contributed by atoms with Crippen molar-refractivity contribution in [3.8, 4) is 11.5 Å². The number of hydrogen-bond donors (Lipinski definition) is 17. The summed E-state index contributed by atoms with van der Waals surface area (Å²) in [6.45, 7) is -1.78. The van der Waals surface area contributed by atoms with E-state index in [1.54, 1.807) is 0 Å². The molecule has 40 heavy (non-hydrogen) atoms. The fraction of sp³-hybridized carbons (Fsp3) is 0.632. The van der Waals surface area contributed by atoms with Gasteiger partial charge >= 0.3 is 18.1 Å². The van der Waals surface area contributed by atoms with Crippen molar-refractivity contribution in [3.63, 3.8) is 0 Å². The van der Waals surface area contributed by atoms with E-state index in [1.165, 1.54) is 0 Å². The number of hydrogen-bond acceptors (Lipinski definition) is 21. The minimum absolute atomic E-state index is 0.230. The molecule has 0 bridgehead atoms. The largest absolute Gasteiger partial charge is 0.493 e. The van der Waals surface area contributed by atoms with Crippen molar-refractivity contribution < 1.29 is 101 Å². The third-order valence-corrected chi connectivity index (χ3v) is 6.81. The molecule has 2 aliphatic rings. The molecule has 21 heteroatoms. The van der Waals surface area contributed by atoms with E-state index in [9.17, 15) is 76.3 Å². The first-order valence-corrected chi connectivity index (χ1v) is 10.6. The smallest absolute Gasteiger partial charge is 0.453 e. The SMILES string of the molecule is COc1cc2c(cc1OC(O)(O)O)C(O)(O)C(O)(O)N1CC(C(O)(O)C(O)(C(O)(O)O)C(O)(O)O)C(=O)CC21O. The Hall–Kier alpha value is -2.23. The number of carbonyl (C=O) groups is 1. The first-order valence-electron chi connectivity index (χ1n) is 10.6. The molecule has 17 N–H and O–H groups in total. The Balaban J connectivity index is 2.26. The highest BCUT2D eigenvalue weighted by Gasteiger charge is 2.78. The van der Waals surface area contributed by atoms with Crippen molar-refractivity contribution in [2.75, 3.05) is 13.7 Å². The minimum atomic E-state index is -5.10. The molecule has 0 saturated carbocycles. The molecule has 0 amide bonds. The van der Waals surface area contributed by atoms with Crippen LogP contribution in [0.25, 0.3) is 0 Å². The van der Waals surface area contributed by atoms with Gasteiger partial charge in [0.05, 0.1) is 19.4 Å². The Morgan fingerprint density at radius 1 is 0.800 bits per heavy atom. The number of ketones is 1. The van der Waals surface area contributed by atoms with Gasteiger partial charge in [0.2, 0.25) is 5.79 Å². The lowest BCUT2D eigenvalue weighted by Gasteiger charge is -2.59. The summed E-state index contributed by atoms with van der Waals surface area (Å²) in [6, 6.07) is 1.02. The molecule has 0 aromatic heterocycles. The van der Waals surface area contributed by atoms with Crippen LogP contribution < -0.4 is 9.47 Å². The topological polar surface area (TPSA) is 383 Å². The number of rotatable bonds is 7. The number of methoxy groups -OCH3 is 1. The van der Waals surface area contributed by atoms with Gasteiger partial charge in [-0.3, -0.25) is 4.79 Å². The zero-order valence-corrected chi connectivity index (χ0v) is 19.9. The standard InChI is InChI=1S/C19H27NO20/c1-39-10-2-6-7(3-11(10)40-19(36,37)38)14(25,26)16(28,29)20-5-8(9(21)4-12(6,20)22)13(23,24)15(27,17(30,31)32)18(33,34)35/h2-3,8,22-38H,4-5H2,1H3. The molecular formula is C19H27NO20. The van der Waals surface area contributed by atoms with Crippen molar-refractivity contribution in [2.45, 2.75) is 53.3 Å². The number of benzene rings is 1. The van der Waals surface area contributed by atoms with Crippen LogP contribution in [0.1, 0.15) is 17.5 Å². The van der Waals surface area contributed by atoms with E-state index in [0.717, 1.165) is 7.11 Å². The molecule has 0 spiro atoms. The maximum atomic E-state index is 13.0. The van der Waals surface area contributed by atoms with Crippen molar-refractivity contribution in [3.05, 3.63) is 23.3 Å². The van der Waals surface area contributed by atoms with Crippen LogP contribution in [-0.2, 0) is 16.3 Å². The summed E-state index contributed by atoms with van der Waals surface area (Å²) in [5.74, 6) is -29.3. The second-order valence-electron chi connectivity index (χ2n) is 9.36. The van der Waals surface area contributed by atoms with Gasteiger partial charge in [0.1, 0.15) is 5.78 Å². The van der Waals surface area contributed by atoms with E-state index < -0.39 is 94.2 Å². The summed E-state index contributed by atoms with van der Waals surface area (Å²) in [5, 5.41) is 169. The van der Waals surface area contributed by atoms with Crippen LogP contribution in [0.3, 0.4) is 0 Å². The molecule has 228 valence electrons. The molecule has 2 unspecified atom stereocenters. The minimum Gasteiger partial charge on any atom is -0.493 e. The molecule has 2 aliphatic heterocycles. The lowest BCUT2D eigenvalue weighted by molar-refractivity contribution is -0.547. The molecule has 2 atom stereocenters. The van der Waals surface area contributed by atoms with Crippen molar-refractivity contribution >= 4 is 5.78 Å². The summed E-state index contributed by atoms with van der Waals surface area (Å²) < 4.78 is 9.25. The third-order valence-electron chi connectivity index (χ3n) is 6.81. The monoisotopic (exact) mass is 589 g/mol. The lowest BCUT2D eigenvalue weighted by atomic mass is 9.70. The first-order chi connectivity index (χ1) is 17.6. The highest BCUT2D eigenvalue weighted by Crippen LogP contribution is 2.55. The number of nitrogens with zero attached hydrogens (tertiary/aromatic N) is 1. The predicted octanol–water partition coefficient (Wildman–Crippen LogP) is -9.84. The summed E-state index contributed by atoms with van der Waals surface area (Å²) >= 11 is 0. The van der Waals surface area contributed by atoms with Gasteiger partial charge in [-0.15, -0.1) is 0 Å². The van der Waals surface area contributed by atoms with E-state index in [2.05, 4.69) is 4.74 Å². The van der Waals surface area contributed by atoms with Gasteiger partial charge < -0.3 is 96.3 Å². The van der Waals surface area contributed by atoms with Crippen LogP contribution in [0, 0.1) is 5.92 Å². The van der Waals surface area contributed by atoms with Crippen LogP contribution in [0.2, 0.25) is 0 Å². The van der Waals surface area contributed by atoms with E-state index in [0.29, 0.717) is 12.1 Å². The summed E-state index contributed by atoms with van der Waals surface area (Å²) in [7, 11) is 0.922. The molecule has 3 rings (SSSR count). The second-order valence-corrected chi connectivity index (χ2v) is 9.36. The molecule has 2 heterocycles. The molecule has 1 fully saturated rings. The quantitative estimate of drug-likeness (QED) is 0.131. The zero-order chi connectivity index (χ0) is 31.3. The van der Waals surface area contributed by atoms with Gasteiger partial charge in [-0.05, 0) is 12.1 Å². The van der Waals surface area contributed by atoms with Crippen molar-refractivity contribution in [1.82, 2.24) is 4.90 Å². The molecule has 1 aromatic carbocycles. The molecular weight excluding hydrogens is 562 g/mol. The fourth-order valence-electron chi connectivity index (χ4n) is 4.78. The number of Topliss-reactive ketones (excluding diaryl/α,β-unsaturated/α-hetero) is 1. The van der Waals surface area contributed by atoms with Crippen LogP contribution in [0.5, 0.6) is 11.5 Å². The van der Waals surface area contributed by atoms with Gasteiger partial charge in [0.15, 0.2) is 17.2 Å². The van der Waals surface area contributed by atoms with Gasteiger partial charge in [0, 0.05) is 17.7 Å². The molecule has 0 aliphatic carbocycles. The number of piperidine rings is 1. The number of carbonyl (C=O) groups excluding carboxylic acids is 1. The Bertz CT molecular complexity index is 1160. The normalized spacial score (nSPS) is 25.8. The van der Waals surface area contributed by atoms with Crippen molar-refractivity contribution in [2.24, 2.45) is 5.92 Å². The maximum absolute atomic E-state index is 13.0. The maximum Gasteiger partial charge on any atom is 0.453 e. The number of ether oxygens (including phenoxy) is 2. The highest BCUT2D eigenvalue weighted by molar-refractivity contribution is 5.85. The average molecular weight is 589 g/mol. The zero-order valence-electron chi connectivity index (χ0n) is 19.9.